The third-order valence-corrected chi connectivity index (χ3v) is 4.54. The number of hydrogen-bond donors (Lipinski definition) is 1. The molecule has 4 nitrogen and oxygen atoms in total. The van der Waals surface area contributed by atoms with Crippen LogP contribution in [0.5, 0.6) is 0 Å². The minimum Gasteiger partial charge on any atom is -0.375 e. The molecular weight excluding hydrogens is 240 g/mol. The third-order valence-electron chi connectivity index (χ3n) is 4.54. The molecule has 0 radical (unpaired) electrons. The van der Waals surface area contributed by atoms with E-state index < -0.39 is 0 Å². The fourth-order valence-electron chi connectivity index (χ4n) is 3.27. The van der Waals surface area contributed by atoms with E-state index in [9.17, 15) is 4.79 Å². The number of amides is 1. The normalized spacial score (nSPS) is 22.7. The molecule has 0 aromatic rings. The molecule has 2 aliphatic rings. The molecule has 0 aromatic carbocycles. The Morgan fingerprint density at radius 2 is 1.84 bits per heavy atom. The number of ether oxygens (including phenoxy) is 1. The van der Waals surface area contributed by atoms with Crippen molar-refractivity contribution < 1.29 is 9.53 Å². The largest absolute Gasteiger partial charge is 0.375 e. The van der Waals surface area contributed by atoms with Gasteiger partial charge in [-0.1, -0.05) is 19.3 Å². The van der Waals surface area contributed by atoms with Gasteiger partial charge in [0.2, 0.25) is 5.91 Å². The molecule has 0 bridgehead atoms. The Kier molecular flexibility index (Phi) is 6.11. The van der Waals surface area contributed by atoms with E-state index in [-0.39, 0.29) is 12.5 Å². The Morgan fingerprint density at radius 1 is 1.16 bits per heavy atom. The van der Waals surface area contributed by atoms with Crippen molar-refractivity contribution >= 4 is 5.91 Å². The first kappa shape index (κ1) is 14.8. The summed E-state index contributed by atoms with van der Waals surface area (Å²) in [4.78, 5) is 13.6. The van der Waals surface area contributed by atoms with Gasteiger partial charge >= 0.3 is 0 Å². The Bertz CT molecular complexity index is 269. The first-order valence-electron chi connectivity index (χ1n) is 7.79. The quantitative estimate of drug-likeness (QED) is 0.826. The van der Waals surface area contributed by atoms with Gasteiger partial charge < -0.3 is 15.0 Å². The highest BCUT2D eigenvalue weighted by Gasteiger charge is 2.23. The zero-order valence-corrected chi connectivity index (χ0v) is 12.2. The summed E-state index contributed by atoms with van der Waals surface area (Å²) < 4.78 is 4.90. The van der Waals surface area contributed by atoms with Crippen LogP contribution in [0.1, 0.15) is 44.9 Å². The predicted octanol–water partition coefficient (Wildman–Crippen LogP) is 1.79. The van der Waals surface area contributed by atoms with Gasteiger partial charge in [0.1, 0.15) is 6.61 Å². The van der Waals surface area contributed by atoms with E-state index in [0.29, 0.717) is 6.04 Å². The highest BCUT2D eigenvalue weighted by atomic mass is 16.5. The maximum atomic E-state index is 11.7. The highest BCUT2D eigenvalue weighted by molar-refractivity contribution is 5.77. The van der Waals surface area contributed by atoms with Gasteiger partial charge in [-0.15, -0.1) is 0 Å². The van der Waals surface area contributed by atoms with E-state index in [1.807, 2.05) is 4.90 Å². The van der Waals surface area contributed by atoms with Crippen molar-refractivity contribution in [2.75, 3.05) is 33.4 Å². The van der Waals surface area contributed by atoms with Crippen LogP contribution in [0.4, 0.5) is 0 Å². The van der Waals surface area contributed by atoms with Gasteiger partial charge in [-0.25, -0.2) is 0 Å². The third kappa shape index (κ3) is 4.77. The summed E-state index contributed by atoms with van der Waals surface area (Å²) in [6.07, 6.45) is 9.23. The molecule has 1 N–H and O–H groups in total. The molecule has 1 saturated heterocycles. The van der Waals surface area contributed by atoms with Crippen LogP contribution >= 0.6 is 0 Å². The maximum absolute atomic E-state index is 11.7. The molecule has 0 aromatic heterocycles. The number of nitrogens with zero attached hydrogens (tertiary/aromatic N) is 1. The number of likely N-dealkylation sites (tertiary alicyclic amines) is 1. The van der Waals surface area contributed by atoms with Crippen molar-refractivity contribution in [1.82, 2.24) is 10.2 Å². The molecule has 1 aliphatic carbocycles. The van der Waals surface area contributed by atoms with Crippen LogP contribution in [0.2, 0.25) is 0 Å². The van der Waals surface area contributed by atoms with Gasteiger partial charge in [-0.3, -0.25) is 4.79 Å². The van der Waals surface area contributed by atoms with Crippen molar-refractivity contribution in [3.05, 3.63) is 0 Å². The van der Waals surface area contributed by atoms with Crippen LogP contribution in [0.3, 0.4) is 0 Å². The minimum absolute atomic E-state index is 0.133. The van der Waals surface area contributed by atoms with Crippen molar-refractivity contribution in [1.29, 1.82) is 0 Å². The maximum Gasteiger partial charge on any atom is 0.248 e. The Balaban J connectivity index is 1.61. The standard InChI is InChI=1S/C15H28N2O2/c1-19-12-15(18)17-9-7-14(8-10-17)16-11-13-5-3-2-4-6-13/h13-14,16H,2-12H2,1H3. The van der Waals surface area contributed by atoms with E-state index in [1.54, 1.807) is 7.11 Å². The number of methoxy groups -OCH3 is 1. The molecule has 4 heteroatoms. The second-order valence-electron chi connectivity index (χ2n) is 6.00. The van der Waals surface area contributed by atoms with Crippen molar-refractivity contribution in [3.63, 3.8) is 0 Å². The SMILES string of the molecule is COCC(=O)N1CCC(NCC2CCCCC2)CC1. The summed E-state index contributed by atoms with van der Waals surface area (Å²) in [5.74, 6) is 1.02. The first-order chi connectivity index (χ1) is 9.29. The first-order valence-corrected chi connectivity index (χ1v) is 7.79. The number of nitrogens with one attached hydrogen (secondary N) is 1. The molecule has 19 heavy (non-hydrogen) atoms. The number of carbonyl (C=O) groups excluding carboxylic acids is 1. The van der Waals surface area contributed by atoms with Crippen LogP contribution in [0.25, 0.3) is 0 Å². The molecule has 1 aliphatic heterocycles. The van der Waals surface area contributed by atoms with E-state index in [2.05, 4.69) is 5.32 Å². The van der Waals surface area contributed by atoms with E-state index >= 15 is 0 Å². The number of hydrogen-bond acceptors (Lipinski definition) is 3. The zero-order chi connectivity index (χ0) is 13.5. The number of piperidine rings is 1. The summed E-state index contributed by atoms with van der Waals surface area (Å²) in [5, 5.41) is 3.71. The van der Waals surface area contributed by atoms with E-state index in [1.165, 1.54) is 38.6 Å². The minimum atomic E-state index is 0.133. The zero-order valence-electron chi connectivity index (χ0n) is 12.2. The number of carbonyl (C=O) groups is 1. The van der Waals surface area contributed by atoms with Crippen LogP contribution in [0.15, 0.2) is 0 Å². The molecule has 0 atom stereocenters. The highest BCUT2D eigenvalue weighted by Crippen LogP contribution is 2.23. The molecule has 1 amide bonds. The molecule has 2 rings (SSSR count). The lowest BCUT2D eigenvalue weighted by Crippen LogP contribution is -2.46. The molecule has 110 valence electrons. The average Bonchev–Trinajstić information content (AvgIpc) is 2.47. The van der Waals surface area contributed by atoms with Gasteiger partial charge in [0.05, 0.1) is 0 Å². The second kappa shape index (κ2) is 7.85. The molecule has 1 saturated carbocycles. The molecule has 2 fully saturated rings. The van der Waals surface area contributed by atoms with Gasteiger partial charge in [0, 0.05) is 26.2 Å². The Morgan fingerprint density at radius 3 is 2.47 bits per heavy atom. The van der Waals surface area contributed by atoms with Crippen molar-refractivity contribution in [3.8, 4) is 0 Å². The summed E-state index contributed by atoms with van der Waals surface area (Å²) in [5.41, 5.74) is 0. The lowest BCUT2D eigenvalue weighted by Gasteiger charge is -2.33. The number of rotatable bonds is 5. The summed E-state index contributed by atoms with van der Waals surface area (Å²) in [6, 6.07) is 0.605. The van der Waals surface area contributed by atoms with Gasteiger partial charge in [-0.2, -0.15) is 0 Å². The van der Waals surface area contributed by atoms with Gasteiger partial charge in [0.15, 0.2) is 0 Å². The summed E-state index contributed by atoms with van der Waals surface area (Å²) in [7, 11) is 1.58. The van der Waals surface area contributed by atoms with E-state index in [4.69, 9.17) is 4.74 Å². The Labute approximate surface area is 116 Å². The van der Waals surface area contributed by atoms with Gasteiger partial charge in [-0.05, 0) is 38.1 Å². The topological polar surface area (TPSA) is 41.6 Å². The van der Waals surface area contributed by atoms with Crippen molar-refractivity contribution in [2.24, 2.45) is 5.92 Å². The van der Waals surface area contributed by atoms with Crippen LogP contribution < -0.4 is 5.32 Å². The fourth-order valence-corrected chi connectivity index (χ4v) is 3.27. The van der Waals surface area contributed by atoms with Crippen molar-refractivity contribution in [2.45, 2.75) is 51.0 Å². The summed E-state index contributed by atoms with van der Waals surface area (Å²) in [6.45, 7) is 3.16. The average molecular weight is 268 g/mol. The second-order valence-corrected chi connectivity index (χ2v) is 6.00. The lowest BCUT2D eigenvalue weighted by molar-refractivity contribution is -0.136. The fraction of sp³-hybridized carbons (Fsp3) is 0.933. The van der Waals surface area contributed by atoms with E-state index in [0.717, 1.165) is 31.8 Å². The molecule has 1 heterocycles. The molecule has 0 unspecified atom stereocenters. The molecular formula is C15H28N2O2. The summed E-state index contributed by atoms with van der Waals surface area (Å²) >= 11 is 0. The smallest absolute Gasteiger partial charge is 0.248 e. The van der Waals surface area contributed by atoms with Crippen LogP contribution in [-0.2, 0) is 9.53 Å². The van der Waals surface area contributed by atoms with Crippen LogP contribution in [0, 0.1) is 5.92 Å². The predicted molar refractivity (Wildman–Crippen MR) is 76.1 cm³/mol. The molecule has 0 spiro atoms. The Hall–Kier alpha value is -0.610. The van der Waals surface area contributed by atoms with Crippen LogP contribution in [-0.4, -0.2) is 50.2 Å². The van der Waals surface area contributed by atoms with Gasteiger partial charge in [0.25, 0.3) is 0 Å². The lowest BCUT2D eigenvalue weighted by atomic mass is 9.89. The monoisotopic (exact) mass is 268 g/mol.